The van der Waals surface area contributed by atoms with Gasteiger partial charge >= 0.3 is 0 Å². The van der Waals surface area contributed by atoms with E-state index in [0.717, 1.165) is 27.0 Å². The van der Waals surface area contributed by atoms with Gasteiger partial charge in [-0.05, 0) is 36.8 Å². The maximum atomic E-state index is 5.03. The quantitative estimate of drug-likeness (QED) is 0.294. The van der Waals surface area contributed by atoms with Crippen molar-refractivity contribution in [2.24, 2.45) is 0 Å². The summed E-state index contributed by atoms with van der Waals surface area (Å²) in [6.45, 7) is 0. The molecule has 2 aromatic carbocycles. The minimum absolute atomic E-state index is 0.845. The number of rotatable bonds is 4. The summed E-state index contributed by atoms with van der Waals surface area (Å²) in [7, 11) is 0. The van der Waals surface area contributed by atoms with Gasteiger partial charge in [0.05, 0.1) is 0 Å². The molecule has 0 bridgehead atoms. The second-order valence-corrected chi connectivity index (χ2v) is 8.93. The Labute approximate surface area is 167 Å². The second-order valence-electron chi connectivity index (χ2n) is 6.88. The molecule has 4 aromatic rings. The molecule has 2 nitrogen and oxygen atoms in total. The van der Waals surface area contributed by atoms with Crippen molar-refractivity contribution in [3.8, 4) is 11.4 Å². The fourth-order valence-electron chi connectivity index (χ4n) is 3.67. The van der Waals surface area contributed by atoms with Gasteiger partial charge in [0.15, 0.2) is 5.82 Å². The number of thiophene rings is 1. The average Bonchev–Trinajstić information content (AvgIpc) is 3.12. The van der Waals surface area contributed by atoms with E-state index >= 15 is 0 Å². The van der Waals surface area contributed by atoms with Gasteiger partial charge in [0.2, 0.25) is 0 Å². The van der Waals surface area contributed by atoms with Crippen LogP contribution >= 0.6 is 23.1 Å². The molecule has 2 aromatic heterocycles. The van der Waals surface area contributed by atoms with Gasteiger partial charge in [-0.3, -0.25) is 0 Å². The van der Waals surface area contributed by atoms with Crippen molar-refractivity contribution in [1.82, 2.24) is 9.97 Å². The van der Waals surface area contributed by atoms with E-state index in [1.165, 1.54) is 47.1 Å². The first-order chi connectivity index (χ1) is 13.4. The van der Waals surface area contributed by atoms with Crippen molar-refractivity contribution in [2.75, 3.05) is 0 Å². The number of aromatic nitrogens is 2. The highest BCUT2D eigenvalue weighted by Crippen LogP contribution is 2.41. The Balaban J connectivity index is 1.62. The van der Waals surface area contributed by atoms with Crippen LogP contribution in [0.3, 0.4) is 0 Å². The van der Waals surface area contributed by atoms with E-state index in [0.29, 0.717) is 0 Å². The van der Waals surface area contributed by atoms with Gasteiger partial charge in [-0.1, -0.05) is 60.7 Å². The van der Waals surface area contributed by atoms with Crippen molar-refractivity contribution < 1.29 is 0 Å². The molecule has 1 aliphatic rings. The lowest BCUT2D eigenvalue weighted by atomic mass is 9.97. The number of benzene rings is 2. The van der Waals surface area contributed by atoms with Crippen LogP contribution in [0.4, 0.5) is 0 Å². The summed E-state index contributed by atoms with van der Waals surface area (Å²) in [6.07, 6.45) is 4.94. The predicted molar refractivity (Wildman–Crippen MR) is 115 cm³/mol. The first-order valence-electron chi connectivity index (χ1n) is 9.43. The molecule has 0 spiro atoms. The van der Waals surface area contributed by atoms with Crippen molar-refractivity contribution in [2.45, 2.75) is 36.5 Å². The summed E-state index contributed by atoms with van der Waals surface area (Å²) < 4.78 is 0. The predicted octanol–water partition coefficient (Wildman–Crippen LogP) is 6.53. The molecule has 2 heterocycles. The normalized spacial score (nSPS) is 13.6. The molecule has 1 aliphatic carbocycles. The number of aryl methyl sites for hydroxylation is 2. The SMILES string of the molecule is c1ccc(CSc2nc(-c3ccccc3)nc3sc4c(c23)CCCC4)cc1. The lowest BCUT2D eigenvalue weighted by Gasteiger charge is -2.12. The molecule has 5 rings (SSSR count). The van der Waals surface area contributed by atoms with E-state index in [9.17, 15) is 0 Å². The van der Waals surface area contributed by atoms with E-state index in [2.05, 4.69) is 54.6 Å². The highest BCUT2D eigenvalue weighted by molar-refractivity contribution is 7.98. The Morgan fingerprint density at radius 2 is 1.59 bits per heavy atom. The maximum Gasteiger partial charge on any atom is 0.162 e. The van der Waals surface area contributed by atoms with Crippen LogP contribution in [0.2, 0.25) is 0 Å². The van der Waals surface area contributed by atoms with Gasteiger partial charge in [-0.25, -0.2) is 9.97 Å². The van der Waals surface area contributed by atoms with Crippen molar-refractivity contribution >= 4 is 33.3 Å². The standard InChI is InChI=1S/C23H20N2S2/c1-3-9-16(10-4-1)15-26-22-20-18-13-7-8-14-19(18)27-23(20)25-21(24-22)17-11-5-2-6-12-17/h1-6,9-12H,7-8,13-15H2. The zero-order valence-electron chi connectivity index (χ0n) is 15.0. The molecule has 4 heteroatoms. The molecule has 0 unspecified atom stereocenters. The fraction of sp³-hybridized carbons (Fsp3) is 0.217. The van der Waals surface area contributed by atoms with Crippen LogP contribution in [0.25, 0.3) is 21.6 Å². The fourth-order valence-corrected chi connectivity index (χ4v) is 6.01. The lowest BCUT2D eigenvalue weighted by Crippen LogP contribution is -1.99. The molecule has 0 saturated heterocycles. The van der Waals surface area contributed by atoms with E-state index in [1.807, 2.05) is 29.2 Å². The summed E-state index contributed by atoms with van der Waals surface area (Å²) in [4.78, 5) is 12.7. The van der Waals surface area contributed by atoms with Gasteiger partial charge in [0.1, 0.15) is 9.86 Å². The molecular formula is C23H20N2S2. The van der Waals surface area contributed by atoms with Crippen LogP contribution < -0.4 is 0 Å². The number of hydrogen-bond donors (Lipinski definition) is 0. The van der Waals surface area contributed by atoms with E-state index in [4.69, 9.17) is 9.97 Å². The molecule has 0 N–H and O–H groups in total. The number of hydrogen-bond acceptors (Lipinski definition) is 4. The maximum absolute atomic E-state index is 5.03. The first kappa shape index (κ1) is 17.0. The molecule has 0 atom stereocenters. The van der Waals surface area contributed by atoms with Crippen molar-refractivity contribution in [3.63, 3.8) is 0 Å². The Morgan fingerprint density at radius 1 is 0.852 bits per heavy atom. The van der Waals surface area contributed by atoms with Crippen LogP contribution in [0.5, 0.6) is 0 Å². The summed E-state index contributed by atoms with van der Waals surface area (Å²) in [5, 5.41) is 2.46. The summed E-state index contributed by atoms with van der Waals surface area (Å²) in [5.41, 5.74) is 3.93. The first-order valence-corrected chi connectivity index (χ1v) is 11.2. The van der Waals surface area contributed by atoms with E-state index < -0.39 is 0 Å². The lowest BCUT2D eigenvalue weighted by molar-refractivity contribution is 0.699. The third kappa shape index (κ3) is 3.40. The third-order valence-corrected chi connectivity index (χ3v) is 7.26. The van der Waals surface area contributed by atoms with Crippen LogP contribution in [0.15, 0.2) is 65.7 Å². The van der Waals surface area contributed by atoms with Gasteiger partial charge in [0, 0.05) is 21.6 Å². The van der Waals surface area contributed by atoms with Crippen LogP contribution in [-0.4, -0.2) is 9.97 Å². The van der Waals surface area contributed by atoms with Crippen LogP contribution in [0.1, 0.15) is 28.8 Å². The van der Waals surface area contributed by atoms with Crippen molar-refractivity contribution in [1.29, 1.82) is 0 Å². The Hall–Kier alpha value is -2.17. The van der Waals surface area contributed by atoms with Gasteiger partial charge in [-0.2, -0.15) is 0 Å². The van der Waals surface area contributed by atoms with Gasteiger partial charge in [-0.15, -0.1) is 23.1 Å². The Kier molecular flexibility index (Phi) is 4.68. The zero-order chi connectivity index (χ0) is 18.1. The summed E-state index contributed by atoms with van der Waals surface area (Å²) in [6, 6.07) is 21.0. The van der Waals surface area contributed by atoms with Crippen molar-refractivity contribution in [3.05, 3.63) is 76.7 Å². The number of nitrogens with zero attached hydrogens (tertiary/aromatic N) is 2. The highest BCUT2D eigenvalue weighted by Gasteiger charge is 2.21. The van der Waals surface area contributed by atoms with Crippen LogP contribution in [0, 0.1) is 0 Å². The number of thioether (sulfide) groups is 1. The molecule has 0 radical (unpaired) electrons. The molecule has 0 fully saturated rings. The minimum Gasteiger partial charge on any atom is -0.221 e. The summed E-state index contributed by atoms with van der Waals surface area (Å²) in [5.74, 6) is 1.78. The largest absolute Gasteiger partial charge is 0.221 e. The molecule has 0 amide bonds. The second kappa shape index (κ2) is 7.45. The number of fused-ring (bicyclic) bond motifs is 3. The minimum atomic E-state index is 0.845. The topological polar surface area (TPSA) is 25.8 Å². The molecule has 27 heavy (non-hydrogen) atoms. The Bertz CT molecular complexity index is 1070. The van der Waals surface area contributed by atoms with E-state index in [-0.39, 0.29) is 0 Å². The monoisotopic (exact) mass is 388 g/mol. The summed E-state index contributed by atoms with van der Waals surface area (Å²) >= 11 is 3.72. The molecular weight excluding hydrogens is 368 g/mol. The van der Waals surface area contributed by atoms with Gasteiger partial charge < -0.3 is 0 Å². The zero-order valence-corrected chi connectivity index (χ0v) is 16.7. The average molecular weight is 389 g/mol. The molecule has 0 saturated carbocycles. The van der Waals surface area contributed by atoms with E-state index in [1.54, 1.807) is 0 Å². The molecule has 0 aliphatic heterocycles. The Morgan fingerprint density at radius 3 is 2.41 bits per heavy atom. The molecule has 134 valence electrons. The highest BCUT2D eigenvalue weighted by atomic mass is 32.2. The smallest absolute Gasteiger partial charge is 0.162 e. The van der Waals surface area contributed by atoms with Crippen LogP contribution in [-0.2, 0) is 18.6 Å². The van der Waals surface area contributed by atoms with Gasteiger partial charge in [0.25, 0.3) is 0 Å². The third-order valence-electron chi connectivity index (χ3n) is 5.03.